The average Bonchev–Trinajstić information content (AvgIpc) is 2.53. The van der Waals surface area contributed by atoms with Crippen LogP contribution in [0.4, 0.5) is 0 Å². The lowest BCUT2D eigenvalue weighted by molar-refractivity contribution is 0.620. The van der Waals surface area contributed by atoms with E-state index >= 15 is 0 Å². The number of rotatable bonds is 1. The van der Waals surface area contributed by atoms with E-state index in [0.29, 0.717) is 6.04 Å². The standard InChI is InChI=1S/C10H11BrN2/c1-7-2-4-8(5-3-7)9-6-10(11)13-12-9/h2-5,9,12H,6H2,1H3. The largest absolute Gasteiger partial charge is 0.301 e. The quantitative estimate of drug-likeness (QED) is 0.800. The van der Waals surface area contributed by atoms with Gasteiger partial charge in [0.2, 0.25) is 0 Å². The predicted molar refractivity (Wildman–Crippen MR) is 58.0 cm³/mol. The van der Waals surface area contributed by atoms with Gasteiger partial charge in [-0.2, -0.15) is 5.10 Å². The number of hydrogen-bond acceptors (Lipinski definition) is 2. The molecule has 2 nitrogen and oxygen atoms in total. The topological polar surface area (TPSA) is 24.4 Å². The third kappa shape index (κ3) is 1.91. The Morgan fingerprint density at radius 2 is 2.08 bits per heavy atom. The van der Waals surface area contributed by atoms with Gasteiger partial charge in [0.25, 0.3) is 0 Å². The molecule has 1 aliphatic heterocycles. The zero-order valence-electron chi connectivity index (χ0n) is 7.42. The first kappa shape index (κ1) is 8.75. The molecule has 1 unspecified atom stereocenters. The summed E-state index contributed by atoms with van der Waals surface area (Å²) in [6.07, 6.45) is 0.947. The summed E-state index contributed by atoms with van der Waals surface area (Å²) in [5, 5.41) is 4.10. The van der Waals surface area contributed by atoms with E-state index in [1.54, 1.807) is 0 Å². The Labute approximate surface area is 86.2 Å². The molecule has 0 fully saturated rings. The molecule has 0 spiro atoms. The van der Waals surface area contributed by atoms with Crippen molar-refractivity contribution in [2.45, 2.75) is 19.4 Å². The van der Waals surface area contributed by atoms with E-state index in [2.05, 4.69) is 57.6 Å². The van der Waals surface area contributed by atoms with E-state index in [-0.39, 0.29) is 0 Å². The molecule has 0 aromatic heterocycles. The number of aryl methyl sites for hydroxylation is 1. The molecule has 3 heteroatoms. The van der Waals surface area contributed by atoms with Crippen LogP contribution in [0.3, 0.4) is 0 Å². The maximum atomic E-state index is 4.10. The Bertz CT molecular complexity index is 329. The van der Waals surface area contributed by atoms with E-state index < -0.39 is 0 Å². The number of halogens is 1. The van der Waals surface area contributed by atoms with Crippen molar-refractivity contribution in [2.75, 3.05) is 0 Å². The number of hydrogen-bond donors (Lipinski definition) is 1. The molecule has 1 aromatic rings. The average molecular weight is 239 g/mol. The molecule has 1 heterocycles. The smallest absolute Gasteiger partial charge is 0.105 e. The molecule has 1 N–H and O–H groups in total. The zero-order valence-corrected chi connectivity index (χ0v) is 9.01. The predicted octanol–water partition coefficient (Wildman–Crippen LogP) is 2.74. The Kier molecular flexibility index (Phi) is 2.36. The van der Waals surface area contributed by atoms with Crippen molar-refractivity contribution in [3.63, 3.8) is 0 Å². The van der Waals surface area contributed by atoms with Crippen molar-refractivity contribution >= 4 is 20.6 Å². The first-order valence-electron chi connectivity index (χ1n) is 4.30. The van der Waals surface area contributed by atoms with Crippen molar-refractivity contribution < 1.29 is 0 Å². The van der Waals surface area contributed by atoms with Gasteiger partial charge >= 0.3 is 0 Å². The van der Waals surface area contributed by atoms with Crippen LogP contribution in [-0.4, -0.2) is 4.62 Å². The lowest BCUT2D eigenvalue weighted by Gasteiger charge is -2.09. The third-order valence-corrected chi connectivity index (χ3v) is 2.70. The van der Waals surface area contributed by atoms with Gasteiger partial charge in [0.15, 0.2) is 0 Å². The highest BCUT2D eigenvalue weighted by Gasteiger charge is 2.17. The van der Waals surface area contributed by atoms with E-state index in [1.807, 2.05) is 0 Å². The minimum atomic E-state index is 0.343. The molecule has 0 amide bonds. The first-order chi connectivity index (χ1) is 6.25. The van der Waals surface area contributed by atoms with Gasteiger partial charge in [0.1, 0.15) is 4.62 Å². The van der Waals surface area contributed by atoms with E-state index in [1.165, 1.54) is 11.1 Å². The highest BCUT2D eigenvalue weighted by Crippen LogP contribution is 2.23. The second kappa shape index (κ2) is 3.50. The summed E-state index contributed by atoms with van der Waals surface area (Å²) in [5.41, 5.74) is 5.67. The summed E-state index contributed by atoms with van der Waals surface area (Å²) < 4.78 is 0.998. The van der Waals surface area contributed by atoms with Crippen molar-refractivity contribution in [2.24, 2.45) is 5.10 Å². The lowest BCUT2D eigenvalue weighted by atomic mass is 10.0. The van der Waals surface area contributed by atoms with Crippen molar-refractivity contribution in [3.8, 4) is 0 Å². The number of benzene rings is 1. The third-order valence-electron chi connectivity index (χ3n) is 2.19. The van der Waals surface area contributed by atoms with E-state index in [0.717, 1.165) is 11.0 Å². The molecular weight excluding hydrogens is 228 g/mol. The van der Waals surface area contributed by atoms with Crippen LogP contribution in [-0.2, 0) is 0 Å². The minimum Gasteiger partial charge on any atom is -0.301 e. The lowest BCUT2D eigenvalue weighted by Crippen LogP contribution is -2.09. The highest BCUT2D eigenvalue weighted by molar-refractivity contribution is 9.18. The molecule has 0 saturated carbocycles. The van der Waals surface area contributed by atoms with Crippen LogP contribution in [0.2, 0.25) is 0 Å². The normalized spacial score (nSPS) is 21.1. The van der Waals surface area contributed by atoms with Crippen molar-refractivity contribution in [1.29, 1.82) is 0 Å². The van der Waals surface area contributed by atoms with Gasteiger partial charge in [0.05, 0.1) is 6.04 Å². The van der Waals surface area contributed by atoms with Gasteiger partial charge in [-0.15, -0.1) is 0 Å². The van der Waals surface area contributed by atoms with Crippen LogP contribution in [0.1, 0.15) is 23.6 Å². The van der Waals surface area contributed by atoms with Crippen molar-refractivity contribution in [3.05, 3.63) is 35.4 Å². The molecule has 1 aliphatic rings. The van der Waals surface area contributed by atoms with Gasteiger partial charge in [0, 0.05) is 6.42 Å². The zero-order chi connectivity index (χ0) is 9.26. The van der Waals surface area contributed by atoms with E-state index in [4.69, 9.17) is 0 Å². The molecule has 0 aliphatic carbocycles. The van der Waals surface area contributed by atoms with Crippen LogP contribution in [0.15, 0.2) is 29.4 Å². The highest BCUT2D eigenvalue weighted by atomic mass is 79.9. The number of nitrogens with one attached hydrogen (secondary N) is 1. The SMILES string of the molecule is Cc1ccc(C2CC(Br)=NN2)cc1. The number of hydrazone groups is 1. The second-order valence-electron chi connectivity index (χ2n) is 3.28. The summed E-state index contributed by atoms with van der Waals surface area (Å²) in [4.78, 5) is 0. The van der Waals surface area contributed by atoms with Crippen LogP contribution in [0.25, 0.3) is 0 Å². The summed E-state index contributed by atoms with van der Waals surface area (Å²) in [6.45, 7) is 2.10. The van der Waals surface area contributed by atoms with Gasteiger partial charge in [-0.25, -0.2) is 0 Å². The van der Waals surface area contributed by atoms with Crippen molar-refractivity contribution in [1.82, 2.24) is 5.43 Å². The molecule has 0 bridgehead atoms. The Hall–Kier alpha value is -0.830. The summed E-state index contributed by atoms with van der Waals surface area (Å²) in [5.74, 6) is 0. The molecule has 1 aromatic carbocycles. The Balaban J connectivity index is 2.14. The summed E-state index contributed by atoms with van der Waals surface area (Å²) >= 11 is 3.38. The molecule has 1 atom stereocenters. The molecular formula is C10H11BrN2. The fourth-order valence-electron chi connectivity index (χ4n) is 1.40. The van der Waals surface area contributed by atoms with Gasteiger partial charge < -0.3 is 5.43 Å². The van der Waals surface area contributed by atoms with Crippen LogP contribution < -0.4 is 5.43 Å². The van der Waals surface area contributed by atoms with E-state index in [9.17, 15) is 0 Å². The van der Waals surface area contributed by atoms with Gasteiger partial charge in [-0.1, -0.05) is 29.8 Å². The summed E-state index contributed by atoms with van der Waals surface area (Å²) in [6, 6.07) is 8.89. The maximum Gasteiger partial charge on any atom is 0.105 e. The second-order valence-corrected chi connectivity index (χ2v) is 4.20. The minimum absolute atomic E-state index is 0.343. The van der Waals surface area contributed by atoms with Gasteiger partial charge in [-0.05, 0) is 28.4 Å². The monoisotopic (exact) mass is 238 g/mol. The molecule has 68 valence electrons. The Morgan fingerprint density at radius 1 is 1.38 bits per heavy atom. The number of nitrogens with zero attached hydrogens (tertiary/aromatic N) is 1. The molecule has 0 saturated heterocycles. The van der Waals surface area contributed by atoms with Crippen LogP contribution in [0, 0.1) is 6.92 Å². The maximum absolute atomic E-state index is 4.10. The molecule has 2 rings (SSSR count). The fourth-order valence-corrected chi connectivity index (χ4v) is 1.82. The molecule has 13 heavy (non-hydrogen) atoms. The first-order valence-corrected chi connectivity index (χ1v) is 5.09. The molecule has 0 radical (unpaired) electrons. The Morgan fingerprint density at radius 3 is 2.62 bits per heavy atom. The summed E-state index contributed by atoms with van der Waals surface area (Å²) in [7, 11) is 0. The van der Waals surface area contributed by atoms with Gasteiger partial charge in [-0.3, -0.25) is 0 Å². The van der Waals surface area contributed by atoms with Crippen LogP contribution >= 0.6 is 15.9 Å². The fraction of sp³-hybridized carbons (Fsp3) is 0.300. The van der Waals surface area contributed by atoms with Crippen LogP contribution in [0.5, 0.6) is 0 Å².